The van der Waals surface area contributed by atoms with Gasteiger partial charge in [-0.05, 0) is 53.8 Å². The van der Waals surface area contributed by atoms with Gasteiger partial charge in [-0.25, -0.2) is 0 Å². The van der Waals surface area contributed by atoms with E-state index in [2.05, 4.69) is 38.8 Å². The molecule has 0 atom stereocenters. The van der Waals surface area contributed by atoms with E-state index >= 15 is 0 Å². The van der Waals surface area contributed by atoms with Crippen LogP contribution in [-0.2, 0) is 19.7 Å². The minimum Gasteiger partial charge on any atom is -0.490 e. The van der Waals surface area contributed by atoms with Crippen molar-refractivity contribution in [3.05, 3.63) is 79.4 Å². The predicted octanol–water partition coefficient (Wildman–Crippen LogP) is 6.43. The molecule has 3 aromatic rings. The molecular weight excluding hydrogens is 446 g/mol. The van der Waals surface area contributed by atoms with E-state index in [1.54, 1.807) is 11.3 Å². The zero-order chi connectivity index (χ0) is 19.1. The summed E-state index contributed by atoms with van der Waals surface area (Å²) in [6.45, 7) is 4.61. The highest BCUT2D eigenvalue weighted by Crippen LogP contribution is 2.34. The second kappa shape index (κ2) is 10.1. The van der Waals surface area contributed by atoms with E-state index in [4.69, 9.17) is 21.1 Å². The molecule has 3 rings (SSSR count). The molecule has 1 aromatic heterocycles. The van der Waals surface area contributed by atoms with Crippen LogP contribution in [0.1, 0.15) is 22.9 Å². The van der Waals surface area contributed by atoms with Crippen LogP contribution in [0.15, 0.2) is 58.4 Å². The van der Waals surface area contributed by atoms with E-state index in [0.29, 0.717) is 13.2 Å². The first-order valence-corrected chi connectivity index (χ1v) is 10.8. The lowest BCUT2D eigenvalue weighted by Gasteiger charge is -2.15. The molecule has 1 heterocycles. The van der Waals surface area contributed by atoms with Crippen LogP contribution in [0.3, 0.4) is 0 Å². The van der Waals surface area contributed by atoms with Crippen molar-refractivity contribution < 1.29 is 9.47 Å². The zero-order valence-electron chi connectivity index (χ0n) is 15.0. The SMILES string of the molecule is CCOc1cc(CNCc2cccs2)c(Br)cc1OCc1ccc(Cl)cc1. The van der Waals surface area contributed by atoms with Gasteiger partial charge in [-0.3, -0.25) is 0 Å². The number of rotatable bonds is 9. The van der Waals surface area contributed by atoms with Crippen LogP contribution in [0.4, 0.5) is 0 Å². The summed E-state index contributed by atoms with van der Waals surface area (Å²) < 4.78 is 12.8. The van der Waals surface area contributed by atoms with Gasteiger partial charge in [0.2, 0.25) is 0 Å². The normalized spacial score (nSPS) is 10.8. The van der Waals surface area contributed by atoms with Gasteiger partial charge in [0.15, 0.2) is 11.5 Å². The lowest BCUT2D eigenvalue weighted by Crippen LogP contribution is -2.12. The third-order valence-electron chi connectivity index (χ3n) is 3.91. The van der Waals surface area contributed by atoms with Crippen molar-refractivity contribution >= 4 is 38.9 Å². The van der Waals surface area contributed by atoms with Gasteiger partial charge in [0.05, 0.1) is 6.61 Å². The highest BCUT2D eigenvalue weighted by atomic mass is 79.9. The van der Waals surface area contributed by atoms with Gasteiger partial charge in [0.1, 0.15) is 6.61 Å². The Morgan fingerprint density at radius 2 is 1.81 bits per heavy atom. The topological polar surface area (TPSA) is 30.5 Å². The number of thiophene rings is 1. The first-order valence-electron chi connectivity index (χ1n) is 8.71. The Balaban J connectivity index is 1.67. The summed E-state index contributed by atoms with van der Waals surface area (Å²) >= 11 is 11.3. The first-order chi connectivity index (χ1) is 13.2. The predicted molar refractivity (Wildman–Crippen MR) is 116 cm³/mol. The highest BCUT2D eigenvalue weighted by Gasteiger charge is 2.11. The van der Waals surface area contributed by atoms with Crippen LogP contribution in [0, 0.1) is 0 Å². The molecule has 0 amide bonds. The first kappa shape index (κ1) is 20.2. The van der Waals surface area contributed by atoms with Gasteiger partial charge < -0.3 is 14.8 Å². The van der Waals surface area contributed by atoms with Gasteiger partial charge in [-0.1, -0.05) is 45.7 Å². The molecule has 0 saturated carbocycles. The monoisotopic (exact) mass is 465 g/mol. The molecule has 0 aliphatic carbocycles. The van der Waals surface area contributed by atoms with Crippen LogP contribution in [0.2, 0.25) is 5.02 Å². The fourth-order valence-electron chi connectivity index (χ4n) is 2.57. The molecule has 0 unspecified atom stereocenters. The van der Waals surface area contributed by atoms with Crippen molar-refractivity contribution in [3.63, 3.8) is 0 Å². The smallest absolute Gasteiger partial charge is 0.162 e. The summed E-state index contributed by atoms with van der Waals surface area (Å²) in [5, 5.41) is 6.28. The van der Waals surface area contributed by atoms with Crippen LogP contribution in [0.5, 0.6) is 11.5 Å². The molecule has 0 fully saturated rings. The molecule has 0 aliphatic heterocycles. The van der Waals surface area contributed by atoms with Gasteiger partial charge in [0, 0.05) is 27.5 Å². The van der Waals surface area contributed by atoms with E-state index < -0.39 is 0 Å². The number of nitrogens with one attached hydrogen (secondary N) is 1. The molecule has 3 nitrogen and oxygen atoms in total. The third-order valence-corrected chi connectivity index (χ3v) is 5.78. The summed E-state index contributed by atoms with van der Waals surface area (Å²) in [4.78, 5) is 1.32. The average Bonchev–Trinajstić information content (AvgIpc) is 3.18. The summed E-state index contributed by atoms with van der Waals surface area (Å²) in [5.74, 6) is 1.48. The molecule has 1 N–H and O–H groups in total. The maximum atomic E-state index is 6.00. The standard InChI is InChI=1S/C21H21BrClNO2S/c1-2-25-20-10-16(12-24-13-18-4-3-9-27-18)19(22)11-21(20)26-14-15-5-7-17(23)8-6-15/h3-11,24H,2,12-14H2,1H3. The average molecular weight is 467 g/mol. The van der Waals surface area contributed by atoms with E-state index in [0.717, 1.165) is 45.2 Å². The molecule has 2 aromatic carbocycles. The number of benzene rings is 2. The van der Waals surface area contributed by atoms with Crippen molar-refractivity contribution in [1.29, 1.82) is 0 Å². The number of ether oxygens (including phenoxy) is 2. The van der Waals surface area contributed by atoms with Crippen molar-refractivity contribution in [2.24, 2.45) is 0 Å². The molecule has 6 heteroatoms. The zero-order valence-corrected chi connectivity index (χ0v) is 18.2. The summed E-state index contributed by atoms with van der Waals surface area (Å²) in [6.07, 6.45) is 0. The highest BCUT2D eigenvalue weighted by molar-refractivity contribution is 9.10. The maximum absolute atomic E-state index is 6.00. The molecule has 142 valence electrons. The fraction of sp³-hybridized carbons (Fsp3) is 0.238. The molecule has 0 radical (unpaired) electrons. The van der Waals surface area contributed by atoms with Crippen molar-refractivity contribution in [2.45, 2.75) is 26.6 Å². The summed E-state index contributed by atoms with van der Waals surface area (Å²) in [5.41, 5.74) is 2.19. The molecule has 0 bridgehead atoms. The second-order valence-corrected chi connectivity index (χ2v) is 8.24. The molecule has 27 heavy (non-hydrogen) atoms. The van der Waals surface area contributed by atoms with Crippen molar-refractivity contribution in [3.8, 4) is 11.5 Å². The maximum Gasteiger partial charge on any atom is 0.162 e. The Kier molecular flexibility index (Phi) is 7.59. The van der Waals surface area contributed by atoms with Gasteiger partial charge >= 0.3 is 0 Å². The van der Waals surface area contributed by atoms with Crippen LogP contribution >= 0.6 is 38.9 Å². The Morgan fingerprint density at radius 1 is 1.04 bits per heavy atom. The van der Waals surface area contributed by atoms with Crippen LogP contribution < -0.4 is 14.8 Å². The Morgan fingerprint density at radius 3 is 2.52 bits per heavy atom. The van der Waals surface area contributed by atoms with Crippen LogP contribution in [0.25, 0.3) is 0 Å². The van der Waals surface area contributed by atoms with Crippen molar-refractivity contribution in [2.75, 3.05) is 6.61 Å². The Bertz CT molecular complexity index is 853. The molecule has 0 aliphatic rings. The van der Waals surface area contributed by atoms with E-state index in [1.165, 1.54) is 4.88 Å². The molecule has 0 saturated heterocycles. The number of hydrogen-bond acceptors (Lipinski definition) is 4. The van der Waals surface area contributed by atoms with Gasteiger partial charge in [-0.2, -0.15) is 0 Å². The van der Waals surface area contributed by atoms with E-state index in [-0.39, 0.29) is 0 Å². The summed E-state index contributed by atoms with van der Waals surface area (Å²) in [7, 11) is 0. The molecular formula is C21H21BrClNO2S. The minimum atomic E-state index is 0.458. The minimum absolute atomic E-state index is 0.458. The Labute approximate surface area is 177 Å². The lowest BCUT2D eigenvalue weighted by molar-refractivity contribution is 0.269. The number of hydrogen-bond donors (Lipinski definition) is 1. The van der Waals surface area contributed by atoms with E-state index in [9.17, 15) is 0 Å². The third kappa shape index (κ3) is 5.98. The largest absolute Gasteiger partial charge is 0.490 e. The van der Waals surface area contributed by atoms with Crippen LogP contribution in [-0.4, -0.2) is 6.61 Å². The summed E-state index contributed by atoms with van der Waals surface area (Å²) in [6, 6.07) is 15.9. The lowest BCUT2D eigenvalue weighted by atomic mass is 10.2. The van der Waals surface area contributed by atoms with Gasteiger partial charge in [-0.15, -0.1) is 11.3 Å². The van der Waals surface area contributed by atoms with Crippen molar-refractivity contribution in [1.82, 2.24) is 5.32 Å². The van der Waals surface area contributed by atoms with E-state index in [1.807, 2.05) is 43.3 Å². The fourth-order valence-corrected chi connectivity index (χ4v) is 3.83. The molecule has 0 spiro atoms. The van der Waals surface area contributed by atoms with Gasteiger partial charge in [0.25, 0.3) is 0 Å². The second-order valence-electron chi connectivity index (χ2n) is 5.92. The Hall–Kier alpha value is -1.53. The number of halogens is 2. The quantitative estimate of drug-likeness (QED) is 0.394.